The zero-order chi connectivity index (χ0) is 24.2. The van der Waals surface area contributed by atoms with E-state index >= 15 is 0 Å². The fraction of sp³-hybridized carbons (Fsp3) is 0.160. The summed E-state index contributed by atoms with van der Waals surface area (Å²) >= 11 is 13.6. The zero-order valence-electron chi connectivity index (χ0n) is 18.8. The van der Waals surface area contributed by atoms with Crippen LogP contribution < -0.4 is 10.1 Å². The van der Waals surface area contributed by atoms with Gasteiger partial charge >= 0.3 is 0 Å². The normalized spacial score (nSPS) is 10.9. The second kappa shape index (κ2) is 10.5. The summed E-state index contributed by atoms with van der Waals surface area (Å²) in [6.45, 7) is 3.90. The highest BCUT2D eigenvalue weighted by Gasteiger charge is 2.18. The lowest BCUT2D eigenvalue weighted by Gasteiger charge is -2.13. The molecule has 0 saturated carbocycles. The minimum absolute atomic E-state index is 0.129. The quantitative estimate of drug-likeness (QED) is 0.282. The Hall–Kier alpha value is -3.00. The first-order valence-corrected chi connectivity index (χ1v) is 12.1. The SMILES string of the molecule is COc1cc(Cl)c(C)cc1NC(=O)CSc1nnc(-c2cccc(C)c2)n1-c1ccc(Cl)cc1. The van der Waals surface area contributed by atoms with Gasteiger partial charge in [-0.05, 0) is 55.8 Å². The molecule has 0 atom stereocenters. The topological polar surface area (TPSA) is 69.0 Å². The average molecular weight is 513 g/mol. The van der Waals surface area contributed by atoms with Gasteiger partial charge in [-0.15, -0.1) is 10.2 Å². The lowest BCUT2D eigenvalue weighted by Crippen LogP contribution is -2.15. The highest BCUT2D eigenvalue weighted by atomic mass is 35.5. The van der Waals surface area contributed by atoms with Gasteiger partial charge in [0.2, 0.25) is 5.91 Å². The molecule has 174 valence electrons. The van der Waals surface area contributed by atoms with Crippen LogP contribution in [0.1, 0.15) is 11.1 Å². The zero-order valence-corrected chi connectivity index (χ0v) is 21.1. The Bertz CT molecular complexity index is 1340. The number of halogens is 2. The number of amides is 1. The highest BCUT2D eigenvalue weighted by Crippen LogP contribution is 2.32. The molecule has 1 aromatic heterocycles. The molecule has 0 unspecified atom stereocenters. The maximum absolute atomic E-state index is 12.8. The third-order valence-electron chi connectivity index (χ3n) is 5.08. The van der Waals surface area contributed by atoms with Crippen molar-refractivity contribution in [2.45, 2.75) is 19.0 Å². The third kappa shape index (κ3) is 5.38. The van der Waals surface area contributed by atoms with E-state index in [4.69, 9.17) is 27.9 Å². The standard InChI is InChI=1S/C25H22Cl2N4O2S/c1-15-5-4-6-17(11-15)24-29-30-25(31(24)19-9-7-18(26)8-10-19)34-14-23(32)28-21-12-16(2)20(27)13-22(21)33-3/h4-13H,14H2,1-3H3,(H,28,32). The Labute approximate surface area is 212 Å². The molecule has 0 aliphatic rings. The predicted molar refractivity (Wildman–Crippen MR) is 139 cm³/mol. The minimum atomic E-state index is -0.201. The molecule has 3 aromatic carbocycles. The summed E-state index contributed by atoms with van der Waals surface area (Å²) in [5.41, 5.74) is 4.30. The van der Waals surface area contributed by atoms with E-state index in [9.17, 15) is 4.79 Å². The molecule has 0 bridgehead atoms. The van der Waals surface area contributed by atoms with Gasteiger partial charge < -0.3 is 10.1 Å². The molecule has 4 rings (SSSR count). The smallest absolute Gasteiger partial charge is 0.234 e. The summed E-state index contributed by atoms with van der Waals surface area (Å²) in [4.78, 5) is 12.8. The molecule has 0 aliphatic carbocycles. The number of benzene rings is 3. The third-order valence-corrected chi connectivity index (χ3v) is 6.67. The summed E-state index contributed by atoms with van der Waals surface area (Å²) in [5.74, 6) is 1.11. The molecule has 9 heteroatoms. The number of methoxy groups -OCH3 is 1. The molecule has 1 N–H and O–H groups in total. The van der Waals surface area contributed by atoms with E-state index in [2.05, 4.69) is 15.5 Å². The van der Waals surface area contributed by atoms with Gasteiger partial charge in [-0.2, -0.15) is 0 Å². The molecular formula is C25H22Cl2N4O2S. The lowest BCUT2D eigenvalue weighted by molar-refractivity contribution is -0.113. The number of hydrogen-bond acceptors (Lipinski definition) is 5. The van der Waals surface area contributed by atoms with Crippen LogP contribution in [-0.4, -0.2) is 33.5 Å². The number of aryl methyl sites for hydroxylation is 2. The van der Waals surface area contributed by atoms with Gasteiger partial charge in [0, 0.05) is 27.4 Å². The van der Waals surface area contributed by atoms with Crippen molar-refractivity contribution in [3.05, 3.63) is 81.8 Å². The molecule has 34 heavy (non-hydrogen) atoms. The fourth-order valence-corrected chi connectivity index (χ4v) is 4.44. The summed E-state index contributed by atoms with van der Waals surface area (Å²) in [6, 6.07) is 18.9. The van der Waals surface area contributed by atoms with E-state index in [1.165, 1.54) is 18.9 Å². The van der Waals surface area contributed by atoms with Gasteiger partial charge in [0.05, 0.1) is 18.6 Å². The van der Waals surface area contributed by atoms with E-state index in [1.807, 2.05) is 66.9 Å². The Morgan fingerprint density at radius 3 is 2.53 bits per heavy atom. The van der Waals surface area contributed by atoms with E-state index in [1.54, 1.807) is 12.1 Å². The van der Waals surface area contributed by atoms with Crippen LogP contribution in [-0.2, 0) is 4.79 Å². The van der Waals surface area contributed by atoms with Gasteiger partial charge in [0.15, 0.2) is 11.0 Å². The molecule has 0 fully saturated rings. The number of rotatable bonds is 7. The second-order valence-corrected chi connectivity index (χ2v) is 9.41. The Kier molecular flexibility index (Phi) is 7.46. The first kappa shape index (κ1) is 24.1. The van der Waals surface area contributed by atoms with E-state index in [0.29, 0.717) is 32.5 Å². The molecule has 6 nitrogen and oxygen atoms in total. The molecule has 0 radical (unpaired) electrons. The van der Waals surface area contributed by atoms with Crippen LogP contribution in [0.15, 0.2) is 65.8 Å². The van der Waals surface area contributed by atoms with Crippen LogP contribution in [0, 0.1) is 13.8 Å². The van der Waals surface area contributed by atoms with Crippen LogP contribution >= 0.6 is 35.0 Å². The molecule has 1 amide bonds. The van der Waals surface area contributed by atoms with Gasteiger partial charge in [0.25, 0.3) is 0 Å². The van der Waals surface area contributed by atoms with Crippen LogP contribution in [0.3, 0.4) is 0 Å². The molecule has 0 spiro atoms. The van der Waals surface area contributed by atoms with E-state index in [0.717, 1.165) is 22.4 Å². The number of anilines is 1. The number of carbonyl (C=O) groups is 1. The second-order valence-electron chi connectivity index (χ2n) is 7.63. The van der Waals surface area contributed by atoms with Gasteiger partial charge in [0.1, 0.15) is 5.75 Å². The Balaban J connectivity index is 1.60. The van der Waals surface area contributed by atoms with Crippen LogP contribution in [0.2, 0.25) is 10.0 Å². The van der Waals surface area contributed by atoms with Crippen molar-refractivity contribution in [1.82, 2.24) is 14.8 Å². The van der Waals surface area contributed by atoms with Crippen molar-refractivity contribution >= 4 is 46.6 Å². The van der Waals surface area contributed by atoms with Crippen LogP contribution in [0.25, 0.3) is 17.1 Å². The maximum atomic E-state index is 12.8. The molecule has 0 aliphatic heterocycles. The average Bonchev–Trinajstić information content (AvgIpc) is 3.24. The van der Waals surface area contributed by atoms with Crippen molar-refractivity contribution in [3.63, 3.8) is 0 Å². The maximum Gasteiger partial charge on any atom is 0.234 e. The lowest BCUT2D eigenvalue weighted by atomic mass is 10.1. The highest BCUT2D eigenvalue weighted by molar-refractivity contribution is 7.99. The van der Waals surface area contributed by atoms with Crippen LogP contribution in [0.4, 0.5) is 5.69 Å². The minimum Gasteiger partial charge on any atom is -0.495 e. The number of aromatic nitrogens is 3. The van der Waals surface area contributed by atoms with Gasteiger partial charge in [-0.1, -0.05) is 58.7 Å². The number of carbonyl (C=O) groups excluding carboxylic acids is 1. The van der Waals surface area contributed by atoms with Gasteiger partial charge in [-0.25, -0.2) is 0 Å². The largest absolute Gasteiger partial charge is 0.495 e. The fourth-order valence-electron chi connectivity index (χ4n) is 3.40. The van der Waals surface area contributed by atoms with Crippen molar-refractivity contribution < 1.29 is 9.53 Å². The molecule has 1 heterocycles. The Morgan fingerprint density at radius 1 is 1.06 bits per heavy atom. The number of thioether (sulfide) groups is 1. The summed E-state index contributed by atoms with van der Waals surface area (Å²) in [6.07, 6.45) is 0. The molecular weight excluding hydrogens is 491 g/mol. The van der Waals surface area contributed by atoms with Crippen molar-refractivity contribution in [2.75, 3.05) is 18.2 Å². The number of ether oxygens (including phenoxy) is 1. The Morgan fingerprint density at radius 2 is 1.82 bits per heavy atom. The van der Waals surface area contributed by atoms with Crippen LogP contribution in [0.5, 0.6) is 5.75 Å². The molecule has 4 aromatic rings. The summed E-state index contributed by atoms with van der Waals surface area (Å²) < 4.78 is 7.28. The predicted octanol–water partition coefficient (Wildman–Crippen LogP) is 6.60. The summed E-state index contributed by atoms with van der Waals surface area (Å²) in [7, 11) is 1.53. The number of nitrogens with one attached hydrogen (secondary N) is 1. The monoisotopic (exact) mass is 512 g/mol. The molecule has 0 saturated heterocycles. The first-order chi connectivity index (χ1) is 16.4. The van der Waals surface area contributed by atoms with Gasteiger partial charge in [-0.3, -0.25) is 9.36 Å². The van der Waals surface area contributed by atoms with Crippen molar-refractivity contribution in [1.29, 1.82) is 0 Å². The number of hydrogen-bond donors (Lipinski definition) is 1. The van der Waals surface area contributed by atoms with Crippen molar-refractivity contribution in [2.24, 2.45) is 0 Å². The number of nitrogens with zero attached hydrogens (tertiary/aromatic N) is 3. The first-order valence-electron chi connectivity index (χ1n) is 10.4. The summed E-state index contributed by atoms with van der Waals surface area (Å²) in [5, 5.41) is 13.5. The van der Waals surface area contributed by atoms with E-state index < -0.39 is 0 Å². The van der Waals surface area contributed by atoms with E-state index in [-0.39, 0.29) is 11.7 Å². The van der Waals surface area contributed by atoms with Crippen molar-refractivity contribution in [3.8, 4) is 22.8 Å².